The van der Waals surface area contributed by atoms with Crippen LogP contribution in [-0.4, -0.2) is 16.9 Å². The van der Waals surface area contributed by atoms with Gasteiger partial charge in [0.05, 0.1) is 19.0 Å². The van der Waals surface area contributed by atoms with Crippen molar-refractivity contribution in [2.45, 2.75) is 32.7 Å². The molecule has 0 bridgehead atoms. The van der Waals surface area contributed by atoms with Gasteiger partial charge in [0.2, 0.25) is 0 Å². The molecule has 0 radical (unpaired) electrons. The predicted molar refractivity (Wildman–Crippen MR) is 79.1 cm³/mol. The normalized spacial score (nSPS) is 20.5. The van der Waals surface area contributed by atoms with Gasteiger partial charge in [-0.1, -0.05) is 19.9 Å². The van der Waals surface area contributed by atoms with Crippen molar-refractivity contribution in [2.24, 2.45) is 11.1 Å². The molecule has 0 saturated carbocycles. The molecule has 1 atom stereocenters. The Bertz CT molecular complexity index is 630. The SMILES string of the molecule is COc1cccc(-n2ncc3c2CC(C)(C)CC3N)c1. The minimum Gasteiger partial charge on any atom is -0.497 e. The van der Waals surface area contributed by atoms with Crippen LogP contribution in [0.15, 0.2) is 30.5 Å². The molecule has 1 aromatic carbocycles. The van der Waals surface area contributed by atoms with E-state index >= 15 is 0 Å². The Morgan fingerprint density at radius 1 is 1.40 bits per heavy atom. The largest absolute Gasteiger partial charge is 0.497 e. The van der Waals surface area contributed by atoms with Gasteiger partial charge in [-0.05, 0) is 30.4 Å². The number of rotatable bonds is 2. The maximum Gasteiger partial charge on any atom is 0.121 e. The van der Waals surface area contributed by atoms with Crippen molar-refractivity contribution in [1.82, 2.24) is 9.78 Å². The van der Waals surface area contributed by atoms with Crippen molar-refractivity contribution in [3.63, 3.8) is 0 Å². The number of hydrogen-bond acceptors (Lipinski definition) is 3. The maximum absolute atomic E-state index is 6.29. The Labute approximate surface area is 119 Å². The minimum atomic E-state index is 0.0770. The first kappa shape index (κ1) is 13.2. The van der Waals surface area contributed by atoms with E-state index in [2.05, 4.69) is 18.9 Å². The van der Waals surface area contributed by atoms with Gasteiger partial charge in [0.25, 0.3) is 0 Å². The summed E-state index contributed by atoms with van der Waals surface area (Å²) in [5, 5.41) is 4.54. The lowest BCUT2D eigenvalue weighted by Crippen LogP contribution is -2.30. The summed E-state index contributed by atoms with van der Waals surface area (Å²) in [5.41, 5.74) is 9.92. The summed E-state index contributed by atoms with van der Waals surface area (Å²) in [7, 11) is 1.68. The van der Waals surface area contributed by atoms with Gasteiger partial charge in [-0.25, -0.2) is 4.68 Å². The van der Waals surface area contributed by atoms with E-state index in [0.717, 1.165) is 24.3 Å². The summed E-state index contributed by atoms with van der Waals surface area (Å²) in [4.78, 5) is 0. The highest BCUT2D eigenvalue weighted by molar-refractivity contribution is 5.42. The lowest BCUT2D eigenvalue weighted by molar-refractivity contribution is 0.278. The monoisotopic (exact) mass is 271 g/mol. The van der Waals surface area contributed by atoms with Crippen molar-refractivity contribution < 1.29 is 4.74 Å². The highest BCUT2D eigenvalue weighted by atomic mass is 16.5. The van der Waals surface area contributed by atoms with Crippen LogP contribution in [0.1, 0.15) is 37.6 Å². The average molecular weight is 271 g/mol. The van der Waals surface area contributed by atoms with E-state index in [9.17, 15) is 0 Å². The molecule has 1 unspecified atom stereocenters. The van der Waals surface area contributed by atoms with Crippen LogP contribution in [0.5, 0.6) is 5.75 Å². The molecule has 1 aliphatic rings. The second-order valence-corrected chi connectivity index (χ2v) is 6.31. The highest BCUT2D eigenvalue weighted by Gasteiger charge is 2.33. The molecule has 2 N–H and O–H groups in total. The van der Waals surface area contributed by atoms with E-state index in [4.69, 9.17) is 10.5 Å². The van der Waals surface area contributed by atoms with E-state index < -0.39 is 0 Å². The zero-order chi connectivity index (χ0) is 14.3. The highest BCUT2D eigenvalue weighted by Crippen LogP contribution is 2.40. The number of methoxy groups -OCH3 is 1. The Balaban J connectivity index is 2.08. The molecule has 0 saturated heterocycles. The fourth-order valence-electron chi connectivity index (χ4n) is 3.07. The third-order valence-corrected chi connectivity index (χ3v) is 4.02. The summed E-state index contributed by atoms with van der Waals surface area (Å²) < 4.78 is 7.29. The molecule has 3 rings (SSSR count). The van der Waals surface area contributed by atoms with Crippen LogP contribution in [0.2, 0.25) is 0 Å². The van der Waals surface area contributed by atoms with Crippen molar-refractivity contribution in [1.29, 1.82) is 0 Å². The van der Waals surface area contributed by atoms with Crippen LogP contribution in [0.25, 0.3) is 5.69 Å². The van der Waals surface area contributed by atoms with Crippen LogP contribution in [0.4, 0.5) is 0 Å². The second kappa shape index (κ2) is 4.63. The number of benzene rings is 1. The third-order valence-electron chi connectivity index (χ3n) is 4.02. The topological polar surface area (TPSA) is 53.1 Å². The van der Waals surface area contributed by atoms with Gasteiger partial charge in [0.15, 0.2) is 0 Å². The number of ether oxygens (including phenoxy) is 1. The van der Waals surface area contributed by atoms with Crippen molar-refractivity contribution in [3.8, 4) is 11.4 Å². The van der Waals surface area contributed by atoms with Gasteiger partial charge in [-0.2, -0.15) is 5.10 Å². The Morgan fingerprint density at radius 3 is 2.95 bits per heavy atom. The molecule has 0 amide bonds. The number of nitrogens with two attached hydrogens (primary N) is 1. The van der Waals surface area contributed by atoms with Crippen LogP contribution in [0, 0.1) is 5.41 Å². The van der Waals surface area contributed by atoms with E-state index in [1.165, 1.54) is 11.3 Å². The van der Waals surface area contributed by atoms with Gasteiger partial charge in [0.1, 0.15) is 5.75 Å². The molecule has 0 spiro atoms. The Hall–Kier alpha value is -1.81. The smallest absolute Gasteiger partial charge is 0.121 e. The molecule has 1 aromatic heterocycles. The maximum atomic E-state index is 6.29. The quantitative estimate of drug-likeness (QED) is 0.913. The van der Waals surface area contributed by atoms with Crippen LogP contribution < -0.4 is 10.5 Å². The van der Waals surface area contributed by atoms with E-state index in [0.29, 0.717) is 0 Å². The van der Waals surface area contributed by atoms with E-state index in [1.807, 2.05) is 35.1 Å². The molecular weight excluding hydrogens is 250 g/mol. The molecule has 106 valence electrons. The zero-order valence-corrected chi connectivity index (χ0v) is 12.3. The minimum absolute atomic E-state index is 0.0770. The standard InChI is InChI=1S/C16H21N3O/c1-16(2)8-14(17)13-10-18-19(15(13)9-16)11-5-4-6-12(7-11)20-3/h4-7,10,14H,8-9,17H2,1-3H3. The van der Waals surface area contributed by atoms with Gasteiger partial charge >= 0.3 is 0 Å². The van der Waals surface area contributed by atoms with Crippen LogP contribution in [-0.2, 0) is 6.42 Å². The van der Waals surface area contributed by atoms with Gasteiger partial charge in [-0.3, -0.25) is 0 Å². The number of hydrogen-bond donors (Lipinski definition) is 1. The second-order valence-electron chi connectivity index (χ2n) is 6.31. The summed E-state index contributed by atoms with van der Waals surface area (Å²) in [6.07, 6.45) is 3.91. The third kappa shape index (κ3) is 2.20. The van der Waals surface area contributed by atoms with Crippen molar-refractivity contribution in [3.05, 3.63) is 41.7 Å². The molecule has 1 aliphatic carbocycles. The Kier molecular flexibility index (Phi) is 3.05. The fourth-order valence-corrected chi connectivity index (χ4v) is 3.07. The molecule has 20 heavy (non-hydrogen) atoms. The average Bonchev–Trinajstić information content (AvgIpc) is 2.81. The van der Waals surface area contributed by atoms with Gasteiger partial charge in [0, 0.05) is 23.4 Å². The first-order chi connectivity index (χ1) is 9.50. The van der Waals surface area contributed by atoms with Crippen LogP contribution >= 0.6 is 0 Å². The molecule has 2 aromatic rings. The number of fused-ring (bicyclic) bond motifs is 1. The first-order valence-electron chi connectivity index (χ1n) is 6.97. The fraction of sp³-hybridized carbons (Fsp3) is 0.438. The number of nitrogens with zero attached hydrogens (tertiary/aromatic N) is 2. The molecule has 4 nitrogen and oxygen atoms in total. The summed E-state index contributed by atoms with van der Waals surface area (Å²) >= 11 is 0. The van der Waals surface area contributed by atoms with E-state index in [1.54, 1.807) is 7.11 Å². The molecule has 4 heteroatoms. The zero-order valence-electron chi connectivity index (χ0n) is 12.3. The van der Waals surface area contributed by atoms with Crippen molar-refractivity contribution in [2.75, 3.05) is 7.11 Å². The molecule has 1 heterocycles. The summed E-state index contributed by atoms with van der Waals surface area (Å²) in [5.74, 6) is 0.839. The van der Waals surface area contributed by atoms with Gasteiger partial charge in [-0.15, -0.1) is 0 Å². The predicted octanol–water partition coefficient (Wildman–Crippen LogP) is 2.85. The first-order valence-corrected chi connectivity index (χ1v) is 6.97. The molecule has 0 aliphatic heterocycles. The van der Waals surface area contributed by atoms with Crippen molar-refractivity contribution >= 4 is 0 Å². The molecule has 0 fully saturated rings. The van der Waals surface area contributed by atoms with E-state index in [-0.39, 0.29) is 11.5 Å². The number of aromatic nitrogens is 2. The van der Waals surface area contributed by atoms with Gasteiger partial charge < -0.3 is 10.5 Å². The lowest BCUT2D eigenvalue weighted by atomic mass is 9.74. The summed E-state index contributed by atoms with van der Waals surface area (Å²) in [6, 6.07) is 8.04. The molecular formula is C16H21N3O. The lowest BCUT2D eigenvalue weighted by Gasteiger charge is -2.33. The summed E-state index contributed by atoms with van der Waals surface area (Å²) in [6.45, 7) is 4.53. The Morgan fingerprint density at radius 2 is 2.20 bits per heavy atom. The van der Waals surface area contributed by atoms with Crippen LogP contribution in [0.3, 0.4) is 0 Å².